The van der Waals surface area contributed by atoms with Crippen LogP contribution in [0, 0.1) is 13.8 Å². The molecule has 0 saturated heterocycles. The number of carbonyl (C=O) groups excluding carboxylic acids is 1. The van der Waals surface area contributed by atoms with Gasteiger partial charge in [0.2, 0.25) is 6.79 Å². The number of aliphatic hydroxyl groups excluding tert-OH is 1. The van der Waals surface area contributed by atoms with Gasteiger partial charge < -0.3 is 9.84 Å². The first-order valence-corrected chi connectivity index (χ1v) is 11.3. The molecule has 10 nitrogen and oxygen atoms in total. The van der Waals surface area contributed by atoms with Crippen LogP contribution in [-0.4, -0.2) is 47.0 Å². The second-order valence-corrected chi connectivity index (χ2v) is 9.49. The smallest absolute Gasteiger partial charge is 0.359 e. The Labute approximate surface area is 174 Å². The minimum Gasteiger partial charge on any atom is -0.434 e. The van der Waals surface area contributed by atoms with Crippen LogP contribution in [0.4, 0.5) is 0 Å². The van der Waals surface area contributed by atoms with E-state index in [0.29, 0.717) is 0 Å². The van der Waals surface area contributed by atoms with Crippen LogP contribution >= 0.6 is 0 Å². The molecule has 3 N–H and O–H groups in total. The lowest BCUT2D eigenvalue weighted by Crippen LogP contribution is -2.55. The number of esters is 1. The summed E-state index contributed by atoms with van der Waals surface area (Å²) < 4.78 is 62.6. The molecule has 0 amide bonds. The van der Waals surface area contributed by atoms with Crippen molar-refractivity contribution in [3.63, 3.8) is 0 Å². The van der Waals surface area contributed by atoms with E-state index in [4.69, 9.17) is 5.73 Å². The molecule has 0 heterocycles. The van der Waals surface area contributed by atoms with E-state index in [9.17, 15) is 26.7 Å². The highest BCUT2D eigenvalue weighted by molar-refractivity contribution is 7.87. The maximum atomic E-state index is 12.3. The Morgan fingerprint density at radius 3 is 1.77 bits per heavy atom. The number of hydrogen-bond donors (Lipinski definition) is 2. The van der Waals surface area contributed by atoms with Gasteiger partial charge in [-0.25, -0.2) is 13.2 Å². The topological polar surface area (TPSA) is 159 Å². The maximum Gasteiger partial charge on any atom is 0.359 e. The summed E-state index contributed by atoms with van der Waals surface area (Å²) in [7, 11) is -8.78. The molecule has 0 aliphatic carbocycles. The van der Waals surface area contributed by atoms with E-state index in [2.05, 4.69) is 13.1 Å². The highest BCUT2D eigenvalue weighted by Crippen LogP contribution is 2.20. The Morgan fingerprint density at radius 1 is 0.900 bits per heavy atom. The van der Waals surface area contributed by atoms with Gasteiger partial charge in [-0.05, 0) is 38.1 Å². The number of benzene rings is 2. The first kappa shape index (κ1) is 23.9. The van der Waals surface area contributed by atoms with Crippen LogP contribution in [0.5, 0.6) is 0 Å². The SMILES string of the molecule is Cc1ccc(S(=O)(=O)OCOC(=O)[C@@](N)(CO)OS(=O)(=O)c2ccc(C)cc2)cc1. The molecule has 0 unspecified atom stereocenters. The minimum atomic E-state index is -4.54. The summed E-state index contributed by atoms with van der Waals surface area (Å²) in [5.41, 5.74) is 4.34. The van der Waals surface area contributed by atoms with Crippen molar-refractivity contribution >= 4 is 26.2 Å². The Hall–Kier alpha value is -2.35. The molecule has 0 fully saturated rings. The fraction of sp³-hybridized carbons (Fsp3) is 0.278. The van der Waals surface area contributed by atoms with Gasteiger partial charge in [0.05, 0.1) is 16.4 Å². The molecule has 164 valence electrons. The number of hydrogen-bond acceptors (Lipinski definition) is 10. The number of ether oxygens (including phenoxy) is 1. The summed E-state index contributed by atoms with van der Waals surface area (Å²) in [5, 5.41) is 9.40. The number of aliphatic hydroxyl groups is 1. The average molecular weight is 459 g/mol. The fourth-order valence-electron chi connectivity index (χ4n) is 2.11. The van der Waals surface area contributed by atoms with Gasteiger partial charge in [0, 0.05) is 0 Å². The lowest BCUT2D eigenvalue weighted by Gasteiger charge is -2.24. The molecule has 0 spiro atoms. The normalized spacial score (nSPS) is 14.1. The molecule has 2 aromatic carbocycles. The highest BCUT2D eigenvalue weighted by atomic mass is 32.2. The summed E-state index contributed by atoms with van der Waals surface area (Å²) in [6.45, 7) is 1.13. The molecule has 0 radical (unpaired) electrons. The molecule has 0 aliphatic rings. The third kappa shape index (κ3) is 5.84. The van der Waals surface area contributed by atoms with Gasteiger partial charge in [0.15, 0.2) is 0 Å². The molecule has 30 heavy (non-hydrogen) atoms. The Bertz CT molecular complexity index is 1100. The first-order chi connectivity index (χ1) is 13.9. The highest BCUT2D eigenvalue weighted by Gasteiger charge is 2.42. The fourth-order valence-corrected chi connectivity index (χ4v) is 3.97. The van der Waals surface area contributed by atoms with Gasteiger partial charge in [0.1, 0.15) is 0 Å². The van der Waals surface area contributed by atoms with Crippen molar-refractivity contribution in [2.45, 2.75) is 29.4 Å². The molecule has 0 bridgehead atoms. The van der Waals surface area contributed by atoms with Crippen LogP contribution < -0.4 is 5.73 Å². The predicted molar refractivity (Wildman–Crippen MR) is 104 cm³/mol. The van der Waals surface area contributed by atoms with Crippen LogP contribution in [0.15, 0.2) is 58.3 Å². The van der Waals surface area contributed by atoms with Crippen molar-refractivity contribution in [1.82, 2.24) is 0 Å². The second-order valence-electron chi connectivity index (χ2n) is 6.33. The molecule has 0 saturated carbocycles. The number of rotatable bonds is 9. The van der Waals surface area contributed by atoms with E-state index in [1.54, 1.807) is 26.0 Å². The third-order valence-electron chi connectivity index (χ3n) is 3.85. The van der Waals surface area contributed by atoms with Gasteiger partial charge in [-0.15, -0.1) is 0 Å². The lowest BCUT2D eigenvalue weighted by molar-refractivity contribution is -0.171. The Kier molecular flexibility index (Phi) is 7.34. The molecular formula is C18H21NO9S2. The van der Waals surface area contributed by atoms with E-state index in [0.717, 1.165) is 11.1 Å². The quantitative estimate of drug-likeness (QED) is 0.308. The van der Waals surface area contributed by atoms with Crippen molar-refractivity contribution in [2.24, 2.45) is 5.73 Å². The van der Waals surface area contributed by atoms with Crippen molar-refractivity contribution in [1.29, 1.82) is 0 Å². The van der Waals surface area contributed by atoms with Gasteiger partial charge >= 0.3 is 5.97 Å². The van der Waals surface area contributed by atoms with E-state index >= 15 is 0 Å². The molecule has 0 aliphatic heterocycles. The summed E-state index contributed by atoms with van der Waals surface area (Å²) >= 11 is 0. The Morgan fingerprint density at radius 2 is 1.33 bits per heavy atom. The maximum absolute atomic E-state index is 12.3. The predicted octanol–water partition coefficient (Wildman–Crippen LogP) is 0.562. The van der Waals surface area contributed by atoms with Crippen molar-refractivity contribution in [3.05, 3.63) is 59.7 Å². The number of aryl methyl sites for hydroxylation is 2. The summed E-state index contributed by atoms with van der Waals surface area (Å²) in [6, 6.07) is 11.1. The molecule has 0 aromatic heterocycles. The summed E-state index contributed by atoms with van der Waals surface area (Å²) in [6.07, 6.45) is 0. The van der Waals surface area contributed by atoms with E-state index in [1.165, 1.54) is 36.4 Å². The van der Waals surface area contributed by atoms with E-state index in [-0.39, 0.29) is 9.79 Å². The van der Waals surface area contributed by atoms with E-state index in [1.807, 2.05) is 0 Å². The first-order valence-electron chi connectivity index (χ1n) is 8.45. The summed E-state index contributed by atoms with van der Waals surface area (Å²) in [5.74, 6) is -1.54. The van der Waals surface area contributed by atoms with Crippen molar-refractivity contribution < 1.29 is 39.8 Å². The van der Waals surface area contributed by atoms with Crippen LogP contribution in [0.25, 0.3) is 0 Å². The zero-order valence-corrected chi connectivity index (χ0v) is 17.8. The number of carbonyl (C=O) groups is 1. The Balaban J connectivity index is 2.06. The van der Waals surface area contributed by atoms with Gasteiger partial charge in [0.25, 0.3) is 26.0 Å². The molecule has 12 heteroatoms. The monoisotopic (exact) mass is 459 g/mol. The average Bonchev–Trinajstić information content (AvgIpc) is 2.68. The van der Waals surface area contributed by atoms with E-state index < -0.39 is 45.3 Å². The molecule has 1 atom stereocenters. The largest absolute Gasteiger partial charge is 0.434 e. The molecular weight excluding hydrogens is 438 g/mol. The van der Waals surface area contributed by atoms with Crippen molar-refractivity contribution in [3.8, 4) is 0 Å². The third-order valence-corrected chi connectivity index (χ3v) is 6.47. The van der Waals surface area contributed by atoms with Crippen LogP contribution in [0.3, 0.4) is 0 Å². The van der Waals surface area contributed by atoms with Crippen molar-refractivity contribution in [2.75, 3.05) is 13.4 Å². The van der Waals surface area contributed by atoms with Gasteiger partial charge in [-0.2, -0.15) is 16.8 Å². The zero-order valence-electron chi connectivity index (χ0n) is 16.1. The lowest BCUT2D eigenvalue weighted by atomic mass is 10.2. The van der Waals surface area contributed by atoms with Crippen LogP contribution in [0.2, 0.25) is 0 Å². The second kappa shape index (κ2) is 9.20. The van der Waals surface area contributed by atoms with Gasteiger partial charge in [-0.1, -0.05) is 35.4 Å². The van der Waals surface area contributed by atoms with Crippen LogP contribution in [0.1, 0.15) is 11.1 Å². The molecule has 2 rings (SSSR count). The van der Waals surface area contributed by atoms with Crippen LogP contribution in [-0.2, 0) is 38.1 Å². The molecule has 2 aromatic rings. The standard InChI is InChI=1S/C18H21NO9S2/c1-13-3-7-15(8-4-13)29(22,23)27-12-26-17(21)18(19,11-20)28-30(24,25)16-9-5-14(2)6-10-16/h3-10,20H,11-12,19H2,1-2H3/t18-/m1/s1. The van der Waals surface area contributed by atoms with Gasteiger partial charge in [-0.3, -0.25) is 5.73 Å². The minimum absolute atomic E-state index is 0.177. The number of nitrogens with two attached hydrogens (primary N) is 1. The summed E-state index contributed by atoms with van der Waals surface area (Å²) in [4.78, 5) is 11.7. The zero-order chi connectivity index (χ0) is 22.6.